The first-order chi connectivity index (χ1) is 9.69. The van der Waals surface area contributed by atoms with Crippen LogP contribution in [0, 0.1) is 0 Å². The fourth-order valence-corrected chi connectivity index (χ4v) is 1.63. The molecule has 2 aromatic rings. The molecule has 0 aliphatic rings. The lowest BCUT2D eigenvalue weighted by molar-refractivity contribution is -0.118. The molecule has 104 valence electrons. The van der Waals surface area contributed by atoms with Gasteiger partial charge in [-0.2, -0.15) is 0 Å². The summed E-state index contributed by atoms with van der Waals surface area (Å²) in [4.78, 5) is 11.7. The number of benzene rings is 2. The molecule has 5 heteroatoms. The lowest BCUT2D eigenvalue weighted by atomic mass is 10.3. The van der Waals surface area contributed by atoms with Gasteiger partial charge in [-0.3, -0.25) is 4.79 Å². The van der Waals surface area contributed by atoms with Crippen LogP contribution in [0.3, 0.4) is 0 Å². The van der Waals surface area contributed by atoms with Crippen molar-refractivity contribution in [1.29, 1.82) is 0 Å². The van der Waals surface area contributed by atoms with Gasteiger partial charge < -0.3 is 20.5 Å². The summed E-state index contributed by atoms with van der Waals surface area (Å²) in [5.74, 6) is 0.979. The fourth-order valence-electron chi connectivity index (χ4n) is 1.63. The largest absolute Gasteiger partial charge is 0.497 e. The molecule has 0 aromatic heterocycles. The lowest BCUT2D eigenvalue weighted by Crippen LogP contribution is -2.20. The molecule has 0 spiro atoms. The van der Waals surface area contributed by atoms with E-state index in [-0.39, 0.29) is 12.5 Å². The van der Waals surface area contributed by atoms with E-state index in [9.17, 15) is 4.79 Å². The number of amides is 1. The molecule has 0 saturated carbocycles. The van der Waals surface area contributed by atoms with Crippen molar-refractivity contribution in [3.05, 3.63) is 48.5 Å². The number of para-hydroxylation sites is 2. The second-order valence-corrected chi connectivity index (χ2v) is 4.10. The number of anilines is 2. The molecule has 0 bridgehead atoms. The summed E-state index contributed by atoms with van der Waals surface area (Å²) in [7, 11) is 1.59. The van der Waals surface area contributed by atoms with Crippen LogP contribution < -0.4 is 20.5 Å². The average molecular weight is 272 g/mol. The van der Waals surface area contributed by atoms with E-state index in [0.29, 0.717) is 17.1 Å². The molecule has 0 unspecified atom stereocenters. The van der Waals surface area contributed by atoms with E-state index in [4.69, 9.17) is 15.2 Å². The van der Waals surface area contributed by atoms with Crippen molar-refractivity contribution in [1.82, 2.24) is 0 Å². The van der Waals surface area contributed by atoms with Gasteiger partial charge in [0.1, 0.15) is 11.5 Å². The average Bonchev–Trinajstić information content (AvgIpc) is 2.47. The van der Waals surface area contributed by atoms with E-state index in [0.717, 1.165) is 5.75 Å². The molecule has 2 aromatic carbocycles. The molecule has 20 heavy (non-hydrogen) atoms. The lowest BCUT2D eigenvalue weighted by Gasteiger charge is -2.09. The van der Waals surface area contributed by atoms with Gasteiger partial charge in [-0.25, -0.2) is 0 Å². The second-order valence-electron chi connectivity index (χ2n) is 4.10. The van der Waals surface area contributed by atoms with Crippen LogP contribution in [-0.2, 0) is 4.79 Å². The summed E-state index contributed by atoms with van der Waals surface area (Å²) in [6, 6.07) is 14.1. The number of methoxy groups -OCH3 is 1. The molecule has 1 amide bonds. The van der Waals surface area contributed by atoms with Gasteiger partial charge in [0, 0.05) is 5.69 Å². The van der Waals surface area contributed by atoms with E-state index < -0.39 is 0 Å². The molecule has 2 rings (SSSR count). The SMILES string of the molecule is COc1ccc(NC(=O)COc2ccccc2N)cc1. The van der Waals surface area contributed by atoms with E-state index >= 15 is 0 Å². The quantitative estimate of drug-likeness (QED) is 0.819. The Morgan fingerprint density at radius 3 is 2.50 bits per heavy atom. The predicted octanol–water partition coefficient (Wildman–Crippen LogP) is 2.29. The molecule has 0 radical (unpaired) electrons. The highest BCUT2D eigenvalue weighted by atomic mass is 16.5. The molecule has 0 fully saturated rings. The van der Waals surface area contributed by atoms with Gasteiger partial charge in [0.25, 0.3) is 5.91 Å². The number of ether oxygens (including phenoxy) is 2. The van der Waals surface area contributed by atoms with Gasteiger partial charge in [0.15, 0.2) is 6.61 Å². The third-order valence-electron chi connectivity index (χ3n) is 2.65. The molecule has 0 atom stereocenters. The summed E-state index contributed by atoms with van der Waals surface area (Å²) >= 11 is 0. The Labute approximate surface area is 117 Å². The minimum absolute atomic E-state index is 0.0970. The number of rotatable bonds is 5. The second kappa shape index (κ2) is 6.47. The Kier molecular flexibility index (Phi) is 4.44. The minimum atomic E-state index is -0.251. The maximum Gasteiger partial charge on any atom is 0.262 e. The maximum atomic E-state index is 11.7. The third-order valence-corrected chi connectivity index (χ3v) is 2.65. The van der Waals surface area contributed by atoms with E-state index in [2.05, 4.69) is 5.32 Å². The first-order valence-corrected chi connectivity index (χ1v) is 6.10. The van der Waals surface area contributed by atoms with Crippen LogP contribution in [0.2, 0.25) is 0 Å². The van der Waals surface area contributed by atoms with E-state index in [1.807, 2.05) is 0 Å². The van der Waals surface area contributed by atoms with Crippen LogP contribution in [-0.4, -0.2) is 19.6 Å². The molecular weight excluding hydrogens is 256 g/mol. The van der Waals surface area contributed by atoms with Gasteiger partial charge in [-0.15, -0.1) is 0 Å². The topological polar surface area (TPSA) is 73.6 Å². The van der Waals surface area contributed by atoms with Crippen LogP contribution >= 0.6 is 0 Å². The first-order valence-electron chi connectivity index (χ1n) is 6.10. The van der Waals surface area contributed by atoms with Gasteiger partial charge in [0.05, 0.1) is 12.8 Å². The summed E-state index contributed by atoms with van der Waals surface area (Å²) in [6.07, 6.45) is 0. The van der Waals surface area contributed by atoms with Crippen molar-refractivity contribution in [3.63, 3.8) is 0 Å². The summed E-state index contributed by atoms with van der Waals surface area (Å²) < 4.78 is 10.4. The molecular formula is C15H16N2O3. The summed E-state index contributed by atoms with van der Waals surface area (Å²) in [5.41, 5.74) is 6.91. The third kappa shape index (κ3) is 3.65. The smallest absolute Gasteiger partial charge is 0.262 e. The van der Waals surface area contributed by atoms with Gasteiger partial charge in [0.2, 0.25) is 0 Å². The van der Waals surface area contributed by atoms with Crippen molar-refractivity contribution in [3.8, 4) is 11.5 Å². The van der Waals surface area contributed by atoms with Crippen molar-refractivity contribution in [2.24, 2.45) is 0 Å². The number of hydrogen-bond acceptors (Lipinski definition) is 4. The van der Waals surface area contributed by atoms with Crippen LogP contribution in [0.5, 0.6) is 11.5 Å². The molecule has 3 N–H and O–H groups in total. The van der Waals surface area contributed by atoms with Gasteiger partial charge in [-0.05, 0) is 36.4 Å². The molecule has 0 aliphatic carbocycles. The Balaban J connectivity index is 1.87. The highest BCUT2D eigenvalue weighted by Gasteiger charge is 2.05. The Bertz CT molecular complexity index is 582. The Hall–Kier alpha value is -2.69. The van der Waals surface area contributed by atoms with Gasteiger partial charge in [-0.1, -0.05) is 12.1 Å². The number of hydrogen-bond donors (Lipinski definition) is 2. The van der Waals surface area contributed by atoms with Crippen LogP contribution in [0.1, 0.15) is 0 Å². The number of nitrogens with two attached hydrogens (primary N) is 1. The normalized spacial score (nSPS) is 9.85. The molecule has 0 aliphatic heterocycles. The van der Waals surface area contributed by atoms with Crippen LogP contribution in [0.25, 0.3) is 0 Å². The van der Waals surface area contributed by atoms with Crippen molar-refractivity contribution >= 4 is 17.3 Å². The molecule has 5 nitrogen and oxygen atoms in total. The Morgan fingerprint density at radius 2 is 1.85 bits per heavy atom. The zero-order valence-electron chi connectivity index (χ0n) is 11.1. The van der Waals surface area contributed by atoms with Crippen molar-refractivity contribution in [2.45, 2.75) is 0 Å². The highest BCUT2D eigenvalue weighted by molar-refractivity contribution is 5.92. The molecule has 0 heterocycles. The first kappa shape index (κ1) is 13.7. The maximum absolute atomic E-state index is 11.7. The Morgan fingerprint density at radius 1 is 1.15 bits per heavy atom. The summed E-state index contributed by atoms with van der Waals surface area (Å²) in [6.45, 7) is -0.0970. The standard InChI is InChI=1S/C15H16N2O3/c1-19-12-8-6-11(7-9-12)17-15(18)10-20-14-5-3-2-4-13(14)16/h2-9H,10,16H2,1H3,(H,17,18). The number of carbonyl (C=O) groups excluding carboxylic acids is 1. The van der Waals surface area contributed by atoms with E-state index in [1.54, 1.807) is 55.6 Å². The van der Waals surface area contributed by atoms with Crippen LogP contribution in [0.15, 0.2) is 48.5 Å². The van der Waals surface area contributed by atoms with Crippen molar-refractivity contribution < 1.29 is 14.3 Å². The predicted molar refractivity (Wildman–Crippen MR) is 78.0 cm³/mol. The summed E-state index contributed by atoms with van der Waals surface area (Å²) in [5, 5.41) is 2.72. The van der Waals surface area contributed by atoms with Crippen LogP contribution in [0.4, 0.5) is 11.4 Å². The van der Waals surface area contributed by atoms with E-state index in [1.165, 1.54) is 0 Å². The zero-order chi connectivity index (χ0) is 14.4. The zero-order valence-corrected chi connectivity index (χ0v) is 11.1. The number of nitrogens with one attached hydrogen (secondary N) is 1. The number of carbonyl (C=O) groups is 1. The monoisotopic (exact) mass is 272 g/mol. The highest BCUT2D eigenvalue weighted by Crippen LogP contribution is 2.19. The van der Waals surface area contributed by atoms with Crippen molar-refractivity contribution in [2.75, 3.05) is 24.8 Å². The fraction of sp³-hybridized carbons (Fsp3) is 0.133. The van der Waals surface area contributed by atoms with Gasteiger partial charge >= 0.3 is 0 Å². The minimum Gasteiger partial charge on any atom is -0.497 e. The molecule has 0 saturated heterocycles. The number of nitrogen functional groups attached to an aromatic ring is 1.